The van der Waals surface area contributed by atoms with E-state index < -0.39 is 0 Å². The number of amides is 1. The molecule has 2 aliphatic rings. The Morgan fingerprint density at radius 2 is 2.06 bits per heavy atom. The van der Waals surface area contributed by atoms with Crippen molar-refractivity contribution in [3.63, 3.8) is 0 Å². The maximum Gasteiger partial charge on any atom is 0.223 e. The highest BCUT2D eigenvalue weighted by Crippen LogP contribution is 2.20. The quantitative estimate of drug-likeness (QED) is 0.809. The molecule has 0 bridgehead atoms. The van der Waals surface area contributed by atoms with Gasteiger partial charge in [-0.05, 0) is 38.5 Å². The molecule has 1 N–H and O–H groups in total. The molecule has 1 heterocycles. The highest BCUT2D eigenvalue weighted by atomic mass is 16.5. The fraction of sp³-hybridized carbons (Fsp3) is 0.929. The molecule has 4 nitrogen and oxygen atoms in total. The summed E-state index contributed by atoms with van der Waals surface area (Å²) in [6.45, 7) is 2.75. The van der Waals surface area contributed by atoms with E-state index in [4.69, 9.17) is 4.74 Å². The lowest BCUT2D eigenvalue weighted by Gasteiger charge is -2.29. The minimum absolute atomic E-state index is 0.319. The van der Waals surface area contributed by atoms with E-state index in [1.807, 2.05) is 4.90 Å². The summed E-state index contributed by atoms with van der Waals surface area (Å²) in [7, 11) is 1.80. The van der Waals surface area contributed by atoms with Gasteiger partial charge in [-0.25, -0.2) is 0 Å². The molecule has 1 amide bonds. The van der Waals surface area contributed by atoms with Crippen molar-refractivity contribution in [1.29, 1.82) is 0 Å². The Labute approximate surface area is 110 Å². The molecule has 4 heteroatoms. The third kappa shape index (κ3) is 3.95. The Balaban J connectivity index is 1.61. The van der Waals surface area contributed by atoms with Crippen LogP contribution in [-0.4, -0.2) is 49.7 Å². The molecule has 0 aromatic rings. The molecular weight excluding hydrogens is 228 g/mol. The third-order valence-corrected chi connectivity index (χ3v) is 4.19. The summed E-state index contributed by atoms with van der Waals surface area (Å²) in [5, 5.41) is 3.51. The maximum atomic E-state index is 11.9. The Kier molecular flexibility index (Phi) is 5.45. The van der Waals surface area contributed by atoms with Crippen LogP contribution in [0.25, 0.3) is 0 Å². The van der Waals surface area contributed by atoms with Crippen molar-refractivity contribution in [3.05, 3.63) is 0 Å². The van der Waals surface area contributed by atoms with Crippen LogP contribution in [-0.2, 0) is 9.53 Å². The van der Waals surface area contributed by atoms with Gasteiger partial charge in [0.25, 0.3) is 0 Å². The van der Waals surface area contributed by atoms with E-state index in [0.717, 1.165) is 26.1 Å². The fourth-order valence-electron chi connectivity index (χ4n) is 3.05. The number of nitrogens with one attached hydrogen (secondary N) is 1. The summed E-state index contributed by atoms with van der Waals surface area (Å²) in [4.78, 5) is 13.9. The van der Waals surface area contributed by atoms with E-state index >= 15 is 0 Å². The van der Waals surface area contributed by atoms with Crippen molar-refractivity contribution in [2.75, 3.05) is 26.7 Å². The number of hydrogen-bond donors (Lipinski definition) is 1. The Morgan fingerprint density at radius 1 is 1.28 bits per heavy atom. The summed E-state index contributed by atoms with van der Waals surface area (Å²) in [6, 6.07) is 0.537. The third-order valence-electron chi connectivity index (χ3n) is 4.19. The van der Waals surface area contributed by atoms with Crippen LogP contribution in [0.1, 0.15) is 44.9 Å². The van der Waals surface area contributed by atoms with Gasteiger partial charge in [-0.3, -0.25) is 4.79 Å². The van der Waals surface area contributed by atoms with Gasteiger partial charge in [0.2, 0.25) is 5.91 Å². The number of carbonyl (C=O) groups excluding carboxylic acids is 1. The number of carbonyl (C=O) groups is 1. The molecule has 0 aromatic heterocycles. The van der Waals surface area contributed by atoms with E-state index in [2.05, 4.69) is 5.32 Å². The van der Waals surface area contributed by atoms with Gasteiger partial charge in [-0.2, -0.15) is 0 Å². The van der Waals surface area contributed by atoms with Crippen LogP contribution in [0.5, 0.6) is 0 Å². The van der Waals surface area contributed by atoms with Gasteiger partial charge in [0.1, 0.15) is 0 Å². The predicted molar refractivity (Wildman–Crippen MR) is 71.5 cm³/mol. The maximum absolute atomic E-state index is 11.9. The first-order valence-electron chi connectivity index (χ1n) is 7.33. The van der Waals surface area contributed by atoms with Crippen LogP contribution >= 0.6 is 0 Å². The van der Waals surface area contributed by atoms with Crippen molar-refractivity contribution < 1.29 is 9.53 Å². The first kappa shape index (κ1) is 13.8. The normalized spacial score (nSPS) is 28.6. The number of nitrogens with zero attached hydrogens (tertiary/aromatic N) is 1. The molecule has 2 atom stereocenters. The molecule has 2 fully saturated rings. The highest BCUT2D eigenvalue weighted by molar-refractivity contribution is 5.76. The summed E-state index contributed by atoms with van der Waals surface area (Å²) < 4.78 is 5.41. The molecule has 1 aliphatic carbocycles. The summed E-state index contributed by atoms with van der Waals surface area (Å²) in [5.41, 5.74) is 0. The highest BCUT2D eigenvalue weighted by Gasteiger charge is 2.22. The van der Waals surface area contributed by atoms with Crippen molar-refractivity contribution in [3.8, 4) is 0 Å². The minimum Gasteiger partial charge on any atom is -0.381 e. The number of rotatable bonds is 5. The second-order valence-corrected chi connectivity index (χ2v) is 5.51. The summed E-state index contributed by atoms with van der Waals surface area (Å²) in [5.74, 6) is 0.319. The summed E-state index contributed by atoms with van der Waals surface area (Å²) >= 11 is 0. The SMILES string of the molecule is COC1CCCC(NCCC(=O)N2CCCC2)C1. The lowest BCUT2D eigenvalue weighted by molar-refractivity contribution is -0.130. The Hall–Kier alpha value is -0.610. The van der Waals surface area contributed by atoms with Gasteiger partial charge in [-0.15, -0.1) is 0 Å². The molecule has 2 rings (SSSR count). The van der Waals surface area contributed by atoms with E-state index in [1.54, 1.807) is 7.11 Å². The van der Waals surface area contributed by atoms with Gasteiger partial charge in [0, 0.05) is 39.2 Å². The zero-order valence-corrected chi connectivity index (χ0v) is 11.5. The van der Waals surface area contributed by atoms with Crippen LogP contribution in [0.4, 0.5) is 0 Å². The number of ether oxygens (including phenoxy) is 1. The van der Waals surface area contributed by atoms with Crippen molar-refractivity contribution in [2.24, 2.45) is 0 Å². The summed E-state index contributed by atoms with van der Waals surface area (Å²) in [6.07, 6.45) is 8.14. The smallest absolute Gasteiger partial charge is 0.223 e. The van der Waals surface area contributed by atoms with E-state index in [0.29, 0.717) is 24.5 Å². The Bertz CT molecular complexity index is 265. The van der Waals surface area contributed by atoms with Crippen LogP contribution in [0.15, 0.2) is 0 Å². The van der Waals surface area contributed by atoms with Gasteiger partial charge in [0.05, 0.1) is 6.10 Å². The minimum atomic E-state index is 0.319. The molecule has 0 radical (unpaired) electrons. The van der Waals surface area contributed by atoms with Crippen LogP contribution in [0.2, 0.25) is 0 Å². The largest absolute Gasteiger partial charge is 0.381 e. The monoisotopic (exact) mass is 254 g/mol. The zero-order valence-electron chi connectivity index (χ0n) is 11.5. The number of hydrogen-bond acceptors (Lipinski definition) is 3. The number of methoxy groups -OCH3 is 1. The topological polar surface area (TPSA) is 41.6 Å². The van der Waals surface area contributed by atoms with Crippen molar-refractivity contribution in [2.45, 2.75) is 57.1 Å². The van der Waals surface area contributed by atoms with Crippen LogP contribution < -0.4 is 5.32 Å². The van der Waals surface area contributed by atoms with Gasteiger partial charge < -0.3 is 15.0 Å². The first-order chi connectivity index (χ1) is 8.79. The molecule has 2 unspecified atom stereocenters. The molecule has 0 aromatic carbocycles. The molecule has 1 aliphatic heterocycles. The second-order valence-electron chi connectivity index (χ2n) is 5.51. The van der Waals surface area contributed by atoms with Crippen molar-refractivity contribution in [1.82, 2.24) is 10.2 Å². The molecule has 1 saturated carbocycles. The van der Waals surface area contributed by atoms with Gasteiger partial charge >= 0.3 is 0 Å². The van der Waals surface area contributed by atoms with Crippen LogP contribution in [0, 0.1) is 0 Å². The molecule has 1 saturated heterocycles. The zero-order chi connectivity index (χ0) is 12.8. The van der Waals surface area contributed by atoms with Gasteiger partial charge in [0.15, 0.2) is 0 Å². The number of likely N-dealkylation sites (tertiary alicyclic amines) is 1. The predicted octanol–water partition coefficient (Wildman–Crippen LogP) is 1.55. The molecular formula is C14H26N2O2. The van der Waals surface area contributed by atoms with E-state index in [-0.39, 0.29) is 0 Å². The standard InChI is InChI=1S/C14H26N2O2/c1-18-13-6-4-5-12(11-13)15-8-7-14(17)16-9-2-3-10-16/h12-13,15H,2-11H2,1H3. The lowest BCUT2D eigenvalue weighted by Crippen LogP contribution is -2.39. The van der Waals surface area contributed by atoms with E-state index in [9.17, 15) is 4.79 Å². The molecule has 0 spiro atoms. The van der Waals surface area contributed by atoms with Crippen LogP contribution in [0.3, 0.4) is 0 Å². The lowest BCUT2D eigenvalue weighted by atomic mass is 9.93. The van der Waals surface area contributed by atoms with Crippen molar-refractivity contribution >= 4 is 5.91 Å². The fourth-order valence-corrected chi connectivity index (χ4v) is 3.05. The molecule has 104 valence electrons. The average molecular weight is 254 g/mol. The Morgan fingerprint density at radius 3 is 2.78 bits per heavy atom. The van der Waals surface area contributed by atoms with Gasteiger partial charge in [-0.1, -0.05) is 0 Å². The average Bonchev–Trinajstić information content (AvgIpc) is 2.93. The first-order valence-corrected chi connectivity index (χ1v) is 7.33. The van der Waals surface area contributed by atoms with E-state index in [1.165, 1.54) is 32.1 Å². The molecule has 18 heavy (non-hydrogen) atoms. The second kappa shape index (κ2) is 7.10.